The number of ether oxygens (including phenoxy) is 1. The number of benzene rings is 1. The van der Waals surface area contributed by atoms with Gasteiger partial charge in [0.15, 0.2) is 11.4 Å². The van der Waals surface area contributed by atoms with Gasteiger partial charge in [-0.1, -0.05) is 17.7 Å². The van der Waals surface area contributed by atoms with Crippen molar-refractivity contribution in [2.75, 3.05) is 0 Å². The molecule has 0 N–H and O–H groups in total. The Labute approximate surface area is 202 Å². The minimum absolute atomic E-state index is 0.245. The highest BCUT2D eigenvalue weighted by Gasteiger charge is 2.20. The van der Waals surface area contributed by atoms with E-state index in [0.717, 1.165) is 21.4 Å². The van der Waals surface area contributed by atoms with Crippen molar-refractivity contribution < 1.29 is 17.9 Å². The molecule has 1 aromatic carbocycles. The molecule has 0 saturated heterocycles. The number of alkyl halides is 2. The first-order chi connectivity index (χ1) is 16.9. The molecule has 0 aliphatic carbocycles. The molecule has 5 heterocycles. The first-order valence-electron chi connectivity index (χ1n) is 10.9. The average molecular weight is 492 g/mol. The average Bonchev–Trinajstić information content (AvgIpc) is 3.54. The Morgan fingerprint density at radius 1 is 1.06 bits per heavy atom. The van der Waals surface area contributed by atoms with Gasteiger partial charge in [0, 0.05) is 5.39 Å². The Balaban J connectivity index is 1.35. The minimum Gasteiger partial charge on any atom is -0.485 e. The molecule has 10 heteroatoms. The van der Waals surface area contributed by atoms with Crippen LogP contribution in [0.25, 0.3) is 37.7 Å². The van der Waals surface area contributed by atoms with Crippen molar-refractivity contribution in [3.05, 3.63) is 70.9 Å². The maximum Gasteiger partial charge on any atom is 0.280 e. The Morgan fingerprint density at radius 2 is 1.91 bits per heavy atom. The minimum atomic E-state index is -2.64. The van der Waals surface area contributed by atoms with Crippen LogP contribution in [0.4, 0.5) is 8.78 Å². The number of rotatable bonds is 5. The molecule has 0 spiro atoms. The van der Waals surface area contributed by atoms with E-state index < -0.39 is 6.43 Å². The second-order valence-corrected chi connectivity index (χ2v) is 9.40. The Hall–Kier alpha value is -3.92. The van der Waals surface area contributed by atoms with Crippen LogP contribution in [0.15, 0.2) is 47.1 Å². The highest BCUT2D eigenvalue weighted by molar-refractivity contribution is 7.26. The Kier molecular flexibility index (Phi) is 4.99. The SMILES string of the molecule is Cc1ccc(OCc2ccc(-c3nc4c5sc6nc(C(F)F)cc(C)c6c5ncn4n3)o2)c(C)c1. The molecule has 35 heavy (non-hydrogen) atoms. The van der Waals surface area contributed by atoms with Gasteiger partial charge in [-0.25, -0.2) is 28.2 Å². The van der Waals surface area contributed by atoms with Crippen LogP contribution >= 0.6 is 11.3 Å². The predicted octanol–water partition coefficient (Wildman–Crippen LogP) is 6.59. The molecule has 6 rings (SSSR count). The number of furan rings is 1. The monoisotopic (exact) mass is 491 g/mol. The second kappa shape index (κ2) is 8.09. The maximum atomic E-state index is 13.2. The van der Waals surface area contributed by atoms with Crippen LogP contribution < -0.4 is 4.74 Å². The third-order valence-corrected chi connectivity index (χ3v) is 6.86. The molecule has 0 saturated carbocycles. The van der Waals surface area contributed by atoms with E-state index in [2.05, 4.69) is 26.1 Å². The van der Waals surface area contributed by atoms with Gasteiger partial charge in [-0.2, -0.15) is 0 Å². The van der Waals surface area contributed by atoms with E-state index in [0.29, 0.717) is 38.9 Å². The van der Waals surface area contributed by atoms with Crippen molar-refractivity contribution in [2.45, 2.75) is 33.8 Å². The maximum absolute atomic E-state index is 13.2. The van der Waals surface area contributed by atoms with Crippen molar-refractivity contribution in [2.24, 2.45) is 0 Å². The molecule has 0 atom stereocenters. The lowest BCUT2D eigenvalue weighted by atomic mass is 10.1. The molecule has 0 aliphatic heterocycles. The second-order valence-electron chi connectivity index (χ2n) is 8.40. The Morgan fingerprint density at radius 3 is 2.71 bits per heavy atom. The number of fused-ring (bicyclic) bond motifs is 5. The van der Waals surface area contributed by atoms with Gasteiger partial charge >= 0.3 is 0 Å². The molecule has 176 valence electrons. The van der Waals surface area contributed by atoms with Gasteiger partial charge < -0.3 is 9.15 Å². The van der Waals surface area contributed by atoms with Gasteiger partial charge in [0.05, 0.1) is 5.52 Å². The van der Waals surface area contributed by atoms with Crippen LogP contribution in [0.5, 0.6) is 5.75 Å². The summed E-state index contributed by atoms with van der Waals surface area (Å²) in [5, 5.41) is 5.26. The molecule has 5 aromatic heterocycles. The smallest absolute Gasteiger partial charge is 0.280 e. The third-order valence-electron chi connectivity index (χ3n) is 5.79. The molecule has 0 radical (unpaired) electrons. The number of hydrogen-bond acceptors (Lipinski definition) is 7. The van der Waals surface area contributed by atoms with Gasteiger partial charge in [0.25, 0.3) is 6.43 Å². The van der Waals surface area contributed by atoms with Crippen molar-refractivity contribution in [1.82, 2.24) is 24.6 Å². The zero-order valence-corrected chi connectivity index (χ0v) is 19.9. The number of nitrogens with zero attached hydrogens (tertiary/aromatic N) is 5. The van der Waals surface area contributed by atoms with Crippen LogP contribution in [0.2, 0.25) is 0 Å². The molecule has 0 bridgehead atoms. The summed E-state index contributed by atoms with van der Waals surface area (Å²) >= 11 is 1.28. The number of halogens is 2. The molecule has 0 unspecified atom stereocenters. The molecule has 0 fully saturated rings. The van der Waals surface area contributed by atoms with Gasteiger partial charge in [-0.3, -0.25) is 0 Å². The fourth-order valence-corrected chi connectivity index (χ4v) is 5.32. The summed E-state index contributed by atoms with van der Waals surface area (Å²) < 4.78 is 40.6. The molecular formula is C25H19F2N5O2S. The summed E-state index contributed by atoms with van der Waals surface area (Å²) in [5.41, 5.74) is 3.93. The number of hydrogen-bond donors (Lipinski definition) is 0. The largest absolute Gasteiger partial charge is 0.485 e. The first kappa shape index (κ1) is 21.6. The molecule has 7 nitrogen and oxygen atoms in total. The normalized spacial score (nSPS) is 11.9. The third kappa shape index (κ3) is 3.70. The van der Waals surface area contributed by atoms with Crippen molar-refractivity contribution in [3.8, 4) is 17.3 Å². The summed E-state index contributed by atoms with van der Waals surface area (Å²) in [6.45, 7) is 6.10. The van der Waals surface area contributed by atoms with Crippen LogP contribution in [0, 0.1) is 20.8 Å². The number of thiophene rings is 1. The fraction of sp³-hybridized carbons (Fsp3) is 0.200. The van der Waals surface area contributed by atoms with Crippen LogP contribution in [-0.2, 0) is 6.61 Å². The molecule has 0 amide bonds. The number of aromatic nitrogens is 5. The van der Waals surface area contributed by atoms with Crippen molar-refractivity contribution in [3.63, 3.8) is 0 Å². The lowest BCUT2D eigenvalue weighted by molar-refractivity contribution is 0.146. The summed E-state index contributed by atoms with van der Waals surface area (Å²) in [6, 6.07) is 11.1. The zero-order valence-electron chi connectivity index (χ0n) is 19.0. The topological polar surface area (TPSA) is 78.3 Å². The zero-order chi connectivity index (χ0) is 24.3. The molecular weight excluding hydrogens is 472 g/mol. The van der Waals surface area contributed by atoms with E-state index in [1.807, 2.05) is 32.0 Å². The van der Waals surface area contributed by atoms with E-state index in [-0.39, 0.29) is 12.3 Å². The Bertz CT molecular complexity index is 1740. The lowest BCUT2D eigenvalue weighted by Gasteiger charge is -2.08. The quantitative estimate of drug-likeness (QED) is 0.271. The number of pyridine rings is 1. The molecule has 0 aliphatic rings. The van der Waals surface area contributed by atoms with Gasteiger partial charge in [-0.05, 0) is 56.2 Å². The van der Waals surface area contributed by atoms with E-state index >= 15 is 0 Å². The van der Waals surface area contributed by atoms with Crippen LogP contribution in [-0.4, -0.2) is 24.6 Å². The van der Waals surface area contributed by atoms with Crippen molar-refractivity contribution in [1.29, 1.82) is 0 Å². The summed E-state index contributed by atoms with van der Waals surface area (Å²) in [6.07, 6.45) is -1.07. The summed E-state index contributed by atoms with van der Waals surface area (Å²) in [7, 11) is 0. The van der Waals surface area contributed by atoms with Crippen molar-refractivity contribution >= 4 is 37.4 Å². The predicted molar refractivity (Wildman–Crippen MR) is 129 cm³/mol. The van der Waals surface area contributed by atoms with Gasteiger partial charge in [0.1, 0.15) is 39.7 Å². The van der Waals surface area contributed by atoms with Crippen LogP contribution in [0.3, 0.4) is 0 Å². The fourth-order valence-electron chi connectivity index (χ4n) is 4.14. The highest BCUT2D eigenvalue weighted by atomic mass is 32.1. The van der Waals surface area contributed by atoms with E-state index in [1.54, 1.807) is 23.8 Å². The van der Waals surface area contributed by atoms with Crippen LogP contribution in [0.1, 0.15) is 34.6 Å². The number of aryl methyl sites for hydroxylation is 3. The van der Waals surface area contributed by atoms with Gasteiger partial charge in [0.2, 0.25) is 5.82 Å². The molecule has 6 aromatic rings. The summed E-state index contributed by atoms with van der Waals surface area (Å²) in [4.78, 5) is 13.8. The van der Waals surface area contributed by atoms with E-state index in [9.17, 15) is 8.78 Å². The summed E-state index contributed by atoms with van der Waals surface area (Å²) in [5.74, 6) is 2.34. The van der Waals surface area contributed by atoms with E-state index in [1.165, 1.54) is 23.0 Å². The first-order valence-corrected chi connectivity index (χ1v) is 11.7. The van der Waals surface area contributed by atoms with Gasteiger partial charge in [-0.15, -0.1) is 16.4 Å². The highest BCUT2D eigenvalue weighted by Crippen LogP contribution is 2.37. The lowest BCUT2D eigenvalue weighted by Crippen LogP contribution is -1.95. The standard InChI is InChI=1S/C25H19F2N5O2S/c1-12-4-6-17(13(2)8-12)33-10-15-5-7-18(34-15)23-30-24-21-20(28-11-32(24)31-23)19-14(3)9-16(22(26)27)29-25(19)35-21/h4-9,11,22H,10H2,1-3H3. The van der Waals surface area contributed by atoms with E-state index in [4.69, 9.17) is 9.15 Å².